The van der Waals surface area contributed by atoms with E-state index in [2.05, 4.69) is 10.3 Å². The smallest absolute Gasteiger partial charge is 0.255 e. The van der Waals surface area contributed by atoms with Crippen LogP contribution >= 0.6 is 11.3 Å². The van der Waals surface area contributed by atoms with Crippen molar-refractivity contribution in [2.45, 2.75) is 18.7 Å². The molecule has 0 fully saturated rings. The molecule has 31 heavy (non-hydrogen) atoms. The zero-order valence-corrected chi connectivity index (χ0v) is 19.2. The lowest BCUT2D eigenvalue weighted by Crippen LogP contribution is -2.24. The fourth-order valence-electron chi connectivity index (χ4n) is 3.22. The minimum Gasteiger partial charge on any atom is -0.322 e. The molecule has 0 aliphatic heterocycles. The Balaban J connectivity index is 1.58. The molecule has 1 N–H and O–H groups in total. The van der Waals surface area contributed by atoms with E-state index in [9.17, 15) is 13.2 Å². The van der Waals surface area contributed by atoms with Crippen molar-refractivity contribution in [1.29, 1.82) is 0 Å². The minimum absolute atomic E-state index is 0.137. The standard InChI is InChI=1S/C22H22N4O3S2/c1-14-11-17(12-20(15(14)2)31(28,29)25(3)4)21(27)23-18-7-5-16(6-8-18)19-13-26-9-10-30-22(26)24-19/h5-13H,1-4H3,(H,23,27). The molecular weight excluding hydrogens is 432 g/mol. The van der Waals surface area contributed by atoms with Gasteiger partial charge in [-0.05, 0) is 49.2 Å². The van der Waals surface area contributed by atoms with Crippen molar-refractivity contribution in [3.05, 3.63) is 70.9 Å². The van der Waals surface area contributed by atoms with Crippen LogP contribution < -0.4 is 5.32 Å². The Morgan fingerprint density at radius 1 is 1.13 bits per heavy atom. The molecule has 2 aromatic heterocycles. The number of hydrogen-bond donors (Lipinski definition) is 1. The number of nitrogens with one attached hydrogen (secondary N) is 1. The van der Waals surface area contributed by atoms with E-state index in [1.165, 1.54) is 20.2 Å². The number of fused-ring (bicyclic) bond motifs is 1. The quantitative estimate of drug-likeness (QED) is 0.490. The number of carbonyl (C=O) groups is 1. The predicted molar refractivity (Wildman–Crippen MR) is 123 cm³/mol. The number of aromatic nitrogens is 2. The van der Waals surface area contributed by atoms with Gasteiger partial charge in [0.25, 0.3) is 5.91 Å². The molecule has 0 saturated heterocycles. The van der Waals surface area contributed by atoms with Crippen LogP contribution in [0.2, 0.25) is 0 Å². The topological polar surface area (TPSA) is 83.8 Å². The summed E-state index contributed by atoms with van der Waals surface area (Å²) >= 11 is 1.57. The van der Waals surface area contributed by atoms with Crippen molar-refractivity contribution in [1.82, 2.24) is 13.7 Å². The van der Waals surface area contributed by atoms with Crippen molar-refractivity contribution in [3.63, 3.8) is 0 Å². The maximum Gasteiger partial charge on any atom is 0.255 e. The molecule has 0 unspecified atom stereocenters. The highest BCUT2D eigenvalue weighted by atomic mass is 32.2. The summed E-state index contributed by atoms with van der Waals surface area (Å²) in [5, 5.41) is 4.82. The summed E-state index contributed by atoms with van der Waals surface area (Å²) in [6.45, 7) is 3.54. The first-order chi connectivity index (χ1) is 14.7. The summed E-state index contributed by atoms with van der Waals surface area (Å²) in [5.74, 6) is -0.367. The molecule has 9 heteroatoms. The summed E-state index contributed by atoms with van der Waals surface area (Å²) in [4.78, 5) is 18.5. The summed E-state index contributed by atoms with van der Waals surface area (Å²) in [5.41, 5.74) is 4.08. The number of imidazole rings is 1. The van der Waals surface area contributed by atoms with Gasteiger partial charge in [-0.25, -0.2) is 17.7 Å². The summed E-state index contributed by atoms with van der Waals surface area (Å²) in [6.07, 6.45) is 3.92. The Morgan fingerprint density at radius 3 is 2.48 bits per heavy atom. The number of carbonyl (C=O) groups excluding carboxylic acids is 1. The molecule has 0 atom stereocenters. The fourth-order valence-corrected chi connectivity index (χ4v) is 5.13. The van der Waals surface area contributed by atoms with E-state index in [0.29, 0.717) is 16.8 Å². The maximum absolute atomic E-state index is 12.8. The third kappa shape index (κ3) is 3.99. The third-order valence-electron chi connectivity index (χ3n) is 5.17. The van der Waals surface area contributed by atoms with Gasteiger partial charge in [-0.15, -0.1) is 11.3 Å². The van der Waals surface area contributed by atoms with Crippen molar-refractivity contribution in [2.24, 2.45) is 0 Å². The van der Waals surface area contributed by atoms with Crippen LogP contribution in [0.4, 0.5) is 5.69 Å². The minimum atomic E-state index is -3.66. The number of aryl methyl sites for hydroxylation is 1. The van der Waals surface area contributed by atoms with Gasteiger partial charge in [0.1, 0.15) is 0 Å². The fraction of sp³-hybridized carbons (Fsp3) is 0.182. The Morgan fingerprint density at radius 2 is 1.84 bits per heavy atom. The molecule has 4 rings (SSSR count). The van der Waals surface area contributed by atoms with Crippen molar-refractivity contribution < 1.29 is 13.2 Å². The lowest BCUT2D eigenvalue weighted by molar-refractivity contribution is 0.102. The van der Waals surface area contributed by atoms with Gasteiger partial charge in [0.05, 0.1) is 10.6 Å². The van der Waals surface area contributed by atoms with Crippen LogP contribution in [0.25, 0.3) is 16.2 Å². The number of thiazole rings is 1. The Labute approximate surface area is 185 Å². The molecule has 7 nitrogen and oxygen atoms in total. The molecule has 2 heterocycles. The molecule has 0 aliphatic carbocycles. The molecule has 0 spiro atoms. The number of sulfonamides is 1. The second-order valence-corrected chi connectivity index (χ2v) is 10.4. The first-order valence-corrected chi connectivity index (χ1v) is 11.9. The largest absolute Gasteiger partial charge is 0.322 e. The van der Waals surface area contributed by atoms with E-state index in [0.717, 1.165) is 26.1 Å². The van der Waals surface area contributed by atoms with Gasteiger partial charge in [-0.3, -0.25) is 9.20 Å². The van der Waals surface area contributed by atoms with Gasteiger partial charge < -0.3 is 5.32 Å². The first-order valence-electron chi connectivity index (χ1n) is 9.54. The van der Waals surface area contributed by atoms with Gasteiger partial charge in [-0.2, -0.15) is 0 Å². The second-order valence-electron chi connectivity index (χ2n) is 7.45. The molecular formula is C22H22N4O3S2. The summed E-state index contributed by atoms with van der Waals surface area (Å²) in [7, 11) is -0.708. The Bertz CT molecular complexity index is 1360. The number of amides is 1. The number of hydrogen-bond acceptors (Lipinski definition) is 5. The summed E-state index contributed by atoms with van der Waals surface area (Å²) < 4.78 is 28.4. The monoisotopic (exact) mass is 454 g/mol. The molecule has 160 valence electrons. The zero-order chi connectivity index (χ0) is 22.3. The van der Waals surface area contributed by atoms with Gasteiger partial charge in [0.2, 0.25) is 10.0 Å². The van der Waals surface area contributed by atoms with E-state index in [1.807, 2.05) is 34.3 Å². The third-order valence-corrected chi connectivity index (χ3v) is 7.88. The van der Waals surface area contributed by atoms with Crippen LogP contribution in [0.5, 0.6) is 0 Å². The zero-order valence-electron chi connectivity index (χ0n) is 17.6. The van der Waals surface area contributed by atoms with Crippen LogP contribution in [0.1, 0.15) is 21.5 Å². The molecule has 4 aromatic rings. The molecule has 0 aliphatic rings. The molecule has 0 radical (unpaired) electrons. The van der Waals surface area contributed by atoms with Crippen LogP contribution in [-0.2, 0) is 10.0 Å². The number of anilines is 1. The highest BCUT2D eigenvalue weighted by molar-refractivity contribution is 7.89. The maximum atomic E-state index is 12.8. The van der Waals surface area contributed by atoms with E-state index in [4.69, 9.17) is 0 Å². The summed E-state index contributed by atoms with van der Waals surface area (Å²) in [6, 6.07) is 10.5. The highest BCUT2D eigenvalue weighted by Gasteiger charge is 2.23. The molecule has 0 saturated carbocycles. The number of nitrogens with zero attached hydrogens (tertiary/aromatic N) is 3. The lowest BCUT2D eigenvalue weighted by atomic mass is 10.1. The van der Waals surface area contributed by atoms with Gasteiger partial charge in [-0.1, -0.05) is 12.1 Å². The van der Waals surface area contributed by atoms with E-state index < -0.39 is 10.0 Å². The SMILES string of the molecule is Cc1cc(C(=O)Nc2ccc(-c3cn4ccsc4n3)cc2)cc(S(=O)(=O)N(C)C)c1C. The molecule has 2 aromatic carbocycles. The number of benzene rings is 2. The van der Waals surface area contributed by atoms with Crippen LogP contribution in [0.15, 0.2) is 59.1 Å². The van der Waals surface area contributed by atoms with E-state index in [1.54, 1.807) is 43.4 Å². The molecule has 1 amide bonds. The van der Waals surface area contributed by atoms with Gasteiger partial charge in [0.15, 0.2) is 4.96 Å². The Hall–Kier alpha value is -3.01. The van der Waals surface area contributed by atoms with Crippen molar-refractivity contribution in [2.75, 3.05) is 19.4 Å². The normalized spacial score (nSPS) is 11.9. The van der Waals surface area contributed by atoms with E-state index in [-0.39, 0.29) is 10.8 Å². The van der Waals surface area contributed by atoms with Crippen LogP contribution in [0.3, 0.4) is 0 Å². The van der Waals surface area contributed by atoms with Gasteiger partial charge >= 0.3 is 0 Å². The van der Waals surface area contributed by atoms with E-state index >= 15 is 0 Å². The van der Waals surface area contributed by atoms with Crippen molar-refractivity contribution in [3.8, 4) is 11.3 Å². The Kier molecular flexibility index (Phi) is 5.42. The highest BCUT2D eigenvalue weighted by Crippen LogP contribution is 2.25. The predicted octanol–water partition coefficient (Wildman–Crippen LogP) is 4.18. The first kappa shape index (κ1) is 21.2. The average molecular weight is 455 g/mol. The molecule has 0 bridgehead atoms. The van der Waals surface area contributed by atoms with Gasteiger partial charge in [0, 0.05) is 48.7 Å². The number of rotatable bonds is 5. The van der Waals surface area contributed by atoms with Crippen LogP contribution in [0, 0.1) is 13.8 Å². The lowest BCUT2D eigenvalue weighted by Gasteiger charge is -2.16. The van der Waals surface area contributed by atoms with Crippen LogP contribution in [-0.4, -0.2) is 42.1 Å². The average Bonchev–Trinajstić information content (AvgIpc) is 3.32. The van der Waals surface area contributed by atoms with Crippen molar-refractivity contribution >= 4 is 37.9 Å². The second kappa shape index (κ2) is 7.92.